The fourth-order valence-corrected chi connectivity index (χ4v) is 3.85. The zero-order valence-corrected chi connectivity index (χ0v) is 14.0. The van der Waals surface area contributed by atoms with Crippen molar-refractivity contribution in [2.75, 3.05) is 18.6 Å². The lowest BCUT2D eigenvalue weighted by atomic mass is 9.95. The van der Waals surface area contributed by atoms with E-state index in [1.54, 1.807) is 0 Å². The number of hydrogen-bond donors (Lipinski definition) is 1. The molecule has 0 aliphatic heterocycles. The highest BCUT2D eigenvalue weighted by Gasteiger charge is 2.14. The minimum absolute atomic E-state index is 0.479. The van der Waals surface area contributed by atoms with Crippen LogP contribution < -0.4 is 5.32 Å². The Labute approximate surface area is 123 Å². The number of hydrogen-bond acceptors (Lipinski definition) is 2. The van der Waals surface area contributed by atoms with Crippen molar-refractivity contribution < 1.29 is 0 Å². The van der Waals surface area contributed by atoms with Gasteiger partial charge in [-0.3, -0.25) is 0 Å². The van der Waals surface area contributed by atoms with E-state index in [-0.39, 0.29) is 0 Å². The molecule has 2 heteroatoms. The number of rotatable bonds is 8. The molecule has 0 bridgehead atoms. The van der Waals surface area contributed by atoms with Gasteiger partial charge in [0.1, 0.15) is 0 Å². The van der Waals surface area contributed by atoms with E-state index in [2.05, 4.69) is 64.0 Å². The Morgan fingerprint density at radius 3 is 2.26 bits per heavy atom. The first-order valence-corrected chi connectivity index (χ1v) is 8.58. The van der Waals surface area contributed by atoms with Crippen molar-refractivity contribution in [3.8, 4) is 0 Å². The molecule has 0 aliphatic rings. The van der Waals surface area contributed by atoms with Gasteiger partial charge in [0.05, 0.1) is 0 Å². The second-order valence-corrected chi connectivity index (χ2v) is 6.59. The van der Waals surface area contributed by atoms with E-state index in [9.17, 15) is 0 Å². The van der Waals surface area contributed by atoms with Gasteiger partial charge in [0, 0.05) is 11.8 Å². The minimum atomic E-state index is 0.479. The molecule has 0 saturated carbocycles. The predicted octanol–water partition coefficient (Wildman–Crippen LogP) is 4.80. The second-order valence-electron chi connectivity index (χ2n) is 5.44. The van der Waals surface area contributed by atoms with Crippen LogP contribution in [0.1, 0.15) is 54.5 Å². The van der Waals surface area contributed by atoms with Gasteiger partial charge in [-0.2, -0.15) is 11.8 Å². The van der Waals surface area contributed by atoms with Crippen LogP contribution in [-0.2, 0) is 0 Å². The molecule has 0 amide bonds. The average molecular weight is 279 g/mol. The molecule has 0 spiro atoms. The van der Waals surface area contributed by atoms with Crippen LogP contribution in [0.2, 0.25) is 0 Å². The smallest absolute Gasteiger partial charge is 0.0414 e. The Balaban J connectivity index is 2.64. The van der Waals surface area contributed by atoms with Crippen LogP contribution in [0.5, 0.6) is 0 Å². The maximum atomic E-state index is 3.49. The summed E-state index contributed by atoms with van der Waals surface area (Å²) >= 11 is 2.08. The standard InChI is InChI=1S/C17H29NS/c1-6-7-8-9-19-12-16(18-5)17-14(3)10-13(2)11-15(17)4/h10-11,16,18H,6-9,12H2,1-5H3. The number of nitrogens with one attached hydrogen (secondary N) is 1. The van der Waals surface area contributed by atoms with Crippen LogP contribution in [0.15, 0.2) is 12.1 Å². The van der Waals surface area contributed by atoms with Crippen molar-refractivity contribution in [1.29, 1.82) is 0 Å². The topological polar surface area (TPSA) is 12.0 Å². The van der Waals surface area contributed by atoms with E-state index in [1.807, 2.05) is 0 Å². The molecule has 1 N–H and O–H groups in total. The van der Waals surface area contributed by atoms with Gasteiger partial charge in [-0.05, 0) is 56.7 Å². The lowest BCUT2D eigenvalue weighted by Gasteiger charge is -2.21. The van der Waals surface area contributed by atoms with E-state index >= 15 is 0 Å². The first-order valence-electron chi connectivity index (χ1n) is 7.42. The van der Waals surface area contributed by atoms with Gasteiger partial charge in [-0.1, -0.05) is 37.5 Å². The van der Waals surface area contributed by atoms with Gasteiger partial charge in [-0.15, -0.1) is 0 Å². The summed E-state index contributed by atoms with van der Waals surface area (Å²) in [6.45, 7) is 8.92. The molecular weight excluding hydrogens is 250 g/mol. The SMILES string of the molecule is CCCCCSCC(NC)c1c(C)cc(C)cc1C. The molecule has 0 heterocycles. The molecule has 19 heavy (non-hydrogen) atoms. The summed E-state index contributed by atoms with van der Waals surface area (Å²) in [5, 5.41) is 3.49. The average Bonchev–Trinajstić information content (AvgIpc) is 2.35. The molecule has 0 radical (unpaired) electrons. The van der Waals surface area contributed by atoms with Gasteiger partial charge >= 0.3 is 0 Å². The zero-order valence-electron chi connectivity index (χ0n) is 13.2. The highest BCUT2D eigenvalue weighted by atomic mass is 32.2. The molecule has 1 aromatic rings. The Bertz CT molecular complexity index is 364. The molecule has 1 aromatic carbocycles. The third-order valence-corrected chi connectivity index (χ3v) is 4.76. The van der Waals surface area contributed by atoms with Gasteiger partial charge < -0.3 is 5.32 Å². The van der Waals surface area contributed by atoms with Crippen molar-refractivity contribution in [2.24, 2.45) is 0 Å². The zero-order chi connectivity index (χ0) is 14.3. The number of aryl methyl sites for hydroxylation is 3. The number of unbranched alkanes of at least 4 members (excludes halogenated alkanes) is 2. The van der Waals surface area contributed by atoms with Crippen LogP contribution in [0.3, 0.4) is 0 Å². The molecule has 1 nitrogen and oxygen atoms in total. The van der Waals surface area contributed by atoms with E-state index < -0.39 is 0 Å². The highest BCUT2D eigenvalue weighted by molar-refractivity contribution is 7.99. The fraction of sp³-hybridized carbons (Fsp3) is 0.647. The molecule has 1 rings (SSSR count). The van der Waals surface area contributed by atoms with Crippen molar-refractivity contribution in [3.05, 3.63) is 34.4 Å². The molecule has 0 fully saturated rings. The lowest BCUT2D eigenvalue weighted by Crippen LogP contribution is -2.21. The van der Waals surface area contributed by atoms with Crippen LogP contribution in [0.4, 0.5) is 0 Å². The van der Waals surface area contributed by atoms with Gasteiger partial charge in [0.2, 0.25) is 0 Å². The summed E-state index contributed by atoms with van der Waals surface area (Å²) in [6.07, 6.45) is 4.02. The van der Waals surface area contributed by atoms with Gasteiger partial charge in [0.25, 0.3) is 0 Å². The van der Waals surface area contributed by atoms with Crippen LogP contribution in [-0.4, -0.2) is 18.6 Å². The second kappa shape index (κ2) is 8.65. The molecule has 0 aromatic heterocycles. The van der Waals surface area contributed by atoms with Crippen LogP contribution in [0.25, 0.3) is 0 Å². The van der Waals surface area contributed by atoms with Crippen molar-refractivity contribution in [1.82, 2.24) is 5.32 Å². The Kier molecular flexibility index (Phi) is 7.55. The minimum Gasteiger partial charge on any atom is -0.312 e. The molecule has 1 unspecified atom stereocenters. The maximum absolute atomic E-state index is 3.49. The number of benzene rings is 1. The molecule has 0 saturated heterocycles. The number of thioether (sulfide) groups is 1. The van der Waals surface area contributed by atoms with Crippen molar-refractivity contribution in [2.45, 2.75) is 53.0 Å². The summed E-state index contributed by atoms with van der Waals surface area (Å²) < 4.78 is 0. The third kappa shape index (κ3) is 5.19. The predicted molar refractivity (Wildman–Crippen MR) is 89.3 cm³/mol. The summed E-state index contributed by atoms with van der Waals surface area (Å²) in [6, 6.07) is 5.08. The fourth-order valence-electron chi connectivity index (χ4n) is 2.71. The monoisotopic (exact) mass is 279 g/mol. The Morgan fingerprint density at radius 1 is 1.11 bits per heavy atom. The first-order chi connectivity index (χ1) is 9.10. The van der Waals surface area contributed by atoms with Crippen LogP contribution in [0, 0.1) is 20.8 Å². The van der Waals surface area contributed by atoms with Gasteiger partial charge in [0.15, 0.2) is 0 Å². The van der Waals surface area contributed by atoms with Crippen molar-refractivity contribution >= 4 is 11.8 Å². The summed E-state index contributed by atoms with van der Waals surface area (Å²) in [5.41, 5.74) is 5.71. The summed E-state index contributed by atoms with van der Waals surface area (Å²) in [5.74, 6) is 2.46. The normalized spacial score (nSPS) is 12.7. The molecular formula is C17H29NS. The Morgan fingerprint density at radius 2 is 1.74 bits per heavy atom. The highest BCUT2D eigenvalue weighted by Crippen LogP contribution is 2.26. The van der Waals surface area contributed by atoms with E-state index in [0.29, 0.717) is 6.04 Å². The first kappa shape index (κ1) is 16.6. The molecule has 108 valence electrons. The van der Waals surface area contributed by atoms with Gasteiger partial charge in [-0.25, -0.2) is 0 Å². The Hall–Kier alpha value is -0.470. The molecule has 0 aliphatic carbocycles. The van der Waals surface area contributed by atoms with E-state index in [0.717, 1.165) is 0 Å². The summed E-state index contributed by atoms with van der Waals surface area (Å²) in [4.78, 5) is 0. The summed E-state index contributed by atoms with van der Waals surface area (Å²) in [7, 11) is 2.08. The maximum Gasteiger partial charge on any atom is 0.0414 e. The quantitative estimate of drug-likeness (QED) is 0.686. The largest absolute Gasteiger partial charge is 0.312 e. The third-order valence-electron chi connectivity index (χ3n) is 3.61. The van der Waals surface area contributed by atoms with E-state index in [4.69, 9.17) is 0 Å². The molecule has 1 atom stereocenters. The van der Waals surface area contributed by atoms with Crippen LogP contribution >= 0.6 is 11.8 Å². The lowest BCUT2D eigenvalue weighted by molar-refractivity contribution is 0.653. The van der Waals surface area contributed by atoms with E-state index in [1.165, 1.54) is 53.0 Å². The van der Waals surface area contributed by atoms with Crippen molar-refractivity contribution in [3.63, 3.8) is 0 Å².